The van der Waals surface area contributed by atoms with E-state index in [0.29, 0.717) is 30.3 Å². The Kier molecular flexibility index (Phi) is 5.59. The summed E-state index contributed by atoms with van der Waals surface area (Å²) in [5, 5.41) is 18.7. The summed E-state index contributed by atoms with van der Waals surface area (Å²) in [6.07, 6.45) is -1.30. The van der Waals surface area contributed by atoms with Gasteiger partial charge in [0.15, 0.2) is 11.5 Å². The number of aliphatic hydroxyl groups is 1. The molecule has 6 nitrogen and oxygen atoms in total. The molecule has 0 aliphatic carbocycles. The molecule has 0 saturated heterocycles. The molecule has 0 aliphatic heterocycles. The van der Waals surface area contributed by atoms with Crippen molar-refractivity contribution in [3.05, 3.63) is 23.8 Å². The van der Waals surface area contributed by atoms with E-state index in [0.717, 1.165) is 0 Å². The summed E-state index contributed by atoms with van der Waals surface area (Å²) in [4.78, 5) is 10.8. The van der Waals surface area contributed by atoms with Crippen molar-refractivity contribution in [3.8, 4) is 11.5 Å². The minimum atomic E-state index is -1.38. The van der Waals surface area contributed by atoms with Crippen molar-refractivity contribution in [1.29, 1.82) is 0 Å². The molecule has 0 heterocycles. The maximum Gasteiger partial charge on any atom is 0.323 e. The number of hydrogen-bond donors (Lipinski definition) is 3. The minimum absolute atomic E-state index is 0.377. The number of nitrogens with two attached hydrogens (primary N) is 1. The van der Waals surface area contributed by atoms with Crippen LogP contribution < -0.4 is 15.2 Å². The summed E-state index contributed by atoms with van der Waals surface area (Å²) in [6, 6.07) is 3.36. The Morgan fingerprint density at radius 2 is 1.84 bits per heavy atom. The predicted molar refractivity (Wildman–Crippen MR) is 69.4 cm³/mol. The molecule has 0 fully saturated rings. The molecule has 0 spiro atoms. The van der Waals surface area contributed by atoms with Crippen molar-refractivity contribution in [3.63, 3.8) is 0 Å². The zero-order valence-electron chi connectivity index (χ0n) is 11.0. The lowest BCUT2D eigenvalue weighted by Crippen LogP contribution is -2.36. The average Bonchev–Trinajstić information content (AvgIpc) is 2.39. The smallest absolute Gasteiger partial charge is 0.323 e. The van der Waals surface area contributed by atoms with Gasteiger partial charge in [0.25, 0.3) is 0 Å². The van der Waals surface area contributed by atoms with Crippen molar-refractivity contribution in [2.45, 2.75) is 26.0 Å². The minimum Gasteiger partial charge on any atom is -0.490 e. The fourth-order valence-electron chi connectivity index (χ4n) is 1.59. The van der Waals surface area contributed by atoms with Gasteiger partial charge in [-0.3, -0.25) is 4.79 Å². The Bertz CT molecular complexity index is 435. The molecule has 2 atom stereocenters. The molecule has 0 amide bonds. The Balaban J connectivity index is 3.03. The fraction of sp³-hybridized carbons (Fsp3) is 0.462. The molecule has 0 bridgehead atoms. The molecule has 1 rings (SSSR count). The molecule has 1 aromatic rings. The van der Waals surface area contributed by atoms with Gasteiger partial charge in [-0.15, -0.1) is 0 Å². The summed E-state index contributed by atoms with van der Waals surface area (Å²) in [5.41, 5.74) is 5.77. The number of rotatable bonds is 7. The normalized spacial score (nSPS) is 13.7. The molecule has 2 unspecified atom stereocenters. The number of carboxylic acid groups (broad SMARTS) is 1. The van der Waals surface area contributed by atoms with Crippen LogP contribution in [0, 0.1) is 0 Å². The first kappa shape index (κ1) is 15.3. The lowest BCUT2D eigenvalue weighted by atomic mass is 10.0. The monoisotopic (exact) mass is 269 g/mol. The fourth-order valence-corrected chi connectivity index (χ4v) is 1.59. The van der Waals surface area contributed by atoms with E-state index in [1.54, 1.807) is 18.2 Å². The van der Waals surface area contributed by atoms with Gasteiger partial charge >= 0.3 is 5.97 Å². The van der Waals surface area contributed by atoms with Gasteiger partial charge in [0, 0.05) is 0 Å². The van der Waals surface area contributed by atoms with Gasteiger partial charge in [-0.1, -0.05) is 6.07 Å². The highest BCUT2D eigenvalue weighted by Crippen LogP contribution is 2.31. The number of benzene rings is 1. The summed E-state index contributed by atoms with van der Waals surface area (Å²) in [6.45, 7) is 4.59. The van der Waals surface area contributed by atoms with E-state index in [1.165, 1.54) is 0 Å². The Morgan fingerprint density at radius 3 is 2.37 bits per heavy atom. The van der Waals surface area contributed by atoms with Crippen LogP contribution in [-0.4, -0.2) is 35.4 Å². The largest absolute Gasteiger partial charge is 0.490 e. The van der Waals surface area contributed by atoms with Gasteiger partial charge in [0.2, 0.25) is 0 Å². The average molecular weight is 269 g/mol. The highest BCUT2D eigenvalue weighted by atomic mass is 16.5. The molecular weight excluding hydrogens is 250 g/mol. The second-order valence-electron chi connectivity index (χ2n) is 3.88. The van der Waals surface area contributed by atoms with Gasteiger partial charge in [0.1, 0.15) is 12.1 Å². The zero-order chi connectivity index (χ0) is 14.4. The molecule has 6 heteroatoms. The van der Waals surface area contributed by atoms with E-state index in [-0.39, 0.29) is 0 Å². The van der Waals surface area contributed by atoms with E-state index in [4.69, 9.17) is 20.3 Å². The number of carboxylic acids is 1. The first-order valence-corrected chi connectivity index (χ1v) is 6.07. The number of hydrogen-bond acceptors (Lipinski definition) is 5. The molecule has 0 aliphatic rings. The van der Waals surface area contributed by atoms with Gasteiger partial charge in [0.05, 0.1) is 13.2 Å². The zero-order valence-corrected chi connectivity index (χ0v) is 11.0. The highest BCUT2D eigenvalue weighted by Gasteiger charge is 2.24. The van der Waals surface area contributed by atoms with Crippen LogP contribution >= 0.6 is 0 Å². The van der Waals surface area contributed by atoms with Crippen molar-refractivity contribution in [1.82, 2.24) is 0 Å². The van der Waals surface area contributed by atoms with Crippen LogP contribution in [0.3, 0.4) is 0 Å². The third-order valence-electron chi connectivity index (χ3n) is 2.53. The predicted octanol–water partition coefficient (Wildman–Crippen LogP) is 0.929. The number of carbonyl (C=O) groups is 1. The molecule has 1 aromatic carbocycles. The topological polar surface area (TPSA) is 102 Å². The SMILES string of the molecule is CCOc1ccc(C(O)C(N)C(=O)O)cc1OCC. The van der Waals surface area contributed by atoms with Crippen LogP contribution in [0.2, 0.25) is 0 Å². The van der Waals surface area contributed by atoms with Crippen molar-refractivity contribution in [2.24, 2.45) is 5.73 Å². The standard InChI is InChI=1S/C13H19NO5/c1-3-18-9-6-5-8(7-10(9)19-4-2)12(15)11(14)13(16)17/h5-7,11-12,15H,3-4,14H2,1-2H3,(H,16,17). The van der Waals surface area contributed by atoms with Crippen LogP contribution in [0.1, 0.15) is 25.5 Å². The maximum absolute atomic E-state index is 10.8. The quantitative estimate of drug-likeness (QED) is 0.680. The van der Waals surface area contributed by atoms with E-state index in [9.17, 15) is 9.90 Å². The van der Waals surface area contributed by atoms with E-state index in [1.807, 2.05) is 13.8 Å². The summed E-state index contributed by atoms with van der Waals surface area (Å²) in [5.74, 6) is -0.262. The van der Waals surface area contributed by atoms with Crippen molar-refractivity contribution < 1.29 is 24.5 Å². The van der Waals surface area contributed by atoms with E-state index in [2.05, 4.69) is 0 Å². The van der Waals surface area contributed by atoms with Crippen LogP contribution in [-0.2, 0) is 4.79 Å². The van der Waals surface area contributed by atoms with Crippen LogP contribution in [0.5, 0.6) is 11.5 Å². The summed E-state index contributed by atoms with van der Waals surface area (Å²) >= 11 is 0. The lowest BCUT2D eigenvalue weighted by Gasteiger charge is -2.18. The van der Waals surface area contributed by atoms with Gasteiger partial charge in [-0.2, -0.15) is 0 Å². The second kappa shape index (κ2) is 6.96. The molecule has 4 N–H and O–H groups in total. The molecule has 0 radical (unpaired) electrons. The van der Waals surface area contributed by atoms with Crippen LogP contribution in [0.4, 0.5) is 0 Å². The molecule has 0 aromatic heterocycles. The molecular formula is C13H19NO5. The van der Waals surface area contributed by atoms with E-state index >= 15 is 0 Å². The first-order chi connectivity index (χ1) is 9.01. The number of aliphatic hydroxyl groups excluding tert-OH is 1. The van der Waals surface area contributed by atoms with Crippen molar-refractivity contribution in [2.75, 3.05) is 13.2 Å². The first-order valence-electron chi connectivity index (χ1n) is 6.07. The maximum atomic E-state index is 10.8. The summed E-state index contributed by atoms with van der Waals surface area (Å²) < 4.78 is 10.8. The highest BCUT2D eigenvalue weighted by molar-refractivity contribution is 5.74. The third-order valence-corrected chi connectivity index (χ3v) is 2.53. The molecule has 106 valence electrons. The Morgan fingerprint density at radius 1 is 1.26 bits per heavy atom. The van der Waals surface area contributed by atoms with Crippen molar-refractivity contribution >= 4 is 5.97 Å². The summed E-state index contributed by atoms with van der Waals surface area (Å²) in [7, 11) is 0. The lowest BCUT2D eigenvalue weighted by molar-refractivity contribution is -0.141. The van der Waals surface area contributed by atoms with Gasteiger partial charge < -0.3 is 25.4 Å². The Hall–Kier alpha value is -1.79. The van der Waals surface area contributed by atoms with Gasteiger partial charge in [-0.25, -0.2) is 0 Å². The number of aliphatic carboxylic acids is 1. The van der Waals surface area contributed by atoms with Gasteiger partial charge in [-0.05, 0) is 31.5 Å². The number of ether oxygens (including phenoxy) is 2. The van der Waals surface area contributed by atoms with Crippen LogP contribution in [0.25, 0.3) is 0 Å². The van der Waals surface area contributed by atoms with Crippen LogP contribution in [0.15, 0.2) is 18.2 Å². The third kappa shape index (κ3) is 3.84. The second-order valence-corrected chi connectivity index (χ2v) is 3.88. The Labute approximate surface area is 111 Å². The molecule has 19 heavy (non-hydrogen) atoms. The van der Waals surface area contributed by atoms with E-state index < -0.39 is 18.1 Å². The molecule has 0 saturated carbocycles.